The molecule has 0 atom stereocenters. The number of hydrogen-bond acceptors (Lipinski definition) is 6. The van der Waals surface area contributed by atoms with Crippen molar-refractivity contribution in [1.29, 1.82) is 0 Å². The van der Waals surface area contributed by atoms with Crippen LogP contribution in [0.1, 0.15) is 16.7 Å². The Morgan fingerprint density at radius 1 is 0.759 bits per heavy atom. The second kappa shape index (κ2) is 8.83. The van der Waals surface area contributed by atoms with Crippen LogP contribution in [-0.2, 0) is 13.2 Å². The van der Waals surface area contributed by atoms with E-state index in [0.717, 1.165) is 5.56 Å². The average molecular weight is 394 g/mol. The number of nitro groups is 2. The summed E-state index contributed by atoms with van der Waals surface area (Å²) in [6, 6.07) is 17.9. The van der Waals surface area contributed by atoms with E-state index in [0.29, 0.717) is 22.6 Å². The van der Waals surface area contributed by atoms with Gasteiger partial charge in [0, 0.05) is 24.3 Å². The molecule has 8 nitrogen and oxygen atoms in total. The minimum atomic E-state index is -0.443. The van der Waals surface area contributed by atoms with Crippen LogP contribution in [0.5, 0.6) is 11.5 Å². The zero-order chi connectivity index (χ0) is 20.8. The molecule has 8 heteroatoms. The first-order chi connectivity index (χ1) is 13.9. The first-order valence-electron chi connectivity index (χ1n) is 8.75. The monoisotopic (exact) mass is 394 g/mol. The molecule has 3 rings (SSSR count). The first-order valence-corrected chi connectivity index (χ1v) is 8.75. The minimum absolute atomic E-state index is 0.0205. The summed E-state index contributed by atoms with van der Waals surface area (Å²) in [5.74, 6) is 1.25. The van der Waals surface area contributed by atoms with Crippen molar-refractivity contribution >= 4 is 11.4 Å². The molecule has 0 fully saturated rings. The van der Waals surface area contributed by atoms with Crippen LogP contribution in [0.3, 0.4) is 0 Å². The first kappa shape index (κ1) is 19.8. The van der Waals surface area contributed by atoms with Gasteiger partial charge in [0.1, 0.15) is 24.7 Å². The molecule has 0 radical (unpaired) electrons. The molecule has 0 aliphatic rings. The predicted octanol–water partition coefficient (Wildman–Crippen LogP) is 4.97. The molecule has 0 N–H and O–H groups in total. The molecular weight excluding hydrogens is 376 g/mol. The molecule has 0 aliphatic heterocycles. The molecule has 3 aromatic rings. The normalized spacial score (nSPS) is 10.4. The maximum Gasteiger partial charge on any atom is 0.269 e. The van der Waals surface area contributed by atoms with Gasteiger partial charge in [-0.05, 0) is 41.8 Å². The number of non-ortho nitro benzene ring substituents is 2. The van der Waals surface area contributed by atoms with Gasteiger partial charge in [-0.3, -0.25) is 20.2 Å². The van der Waals surface area contributed by atoms with Crippen LogP contribution in [0.15, 0.2) is 66.7 Å². The summed E-state index contributed by atoms with van der Waals surface area (Å²) in [6.07, 6.45) is 0. The SMILES string of the molecule is Cc1cc(OCc2cccc([N+](=O)[O-])c2)ccc1OCc1cccc([N+](=O)[O-])c1. The molecular formula is C21H18N2O6. The Bertz CT molecular complexity index is 1050. The Hall–Kier alpha value is -3.94. The molecule has 0 saturated heterocycles. The number of ether oxygens (including phenoxy) is 2. The van der Waals surface area contributed by atoms with E-state index in [9.17, 15) is 20.2 Å². The average Bonchev–Trinajstić information content (AvgIpc) is 2.72. The van der Waals surface area contributed by atoms with E-state index in [-0.39, 0.29) is 24.6 Å². The standard InChI is InChI=1S/C21H18N2O6/c1-15-10-20(28-13-16-4-2-6-18(11-16)22(24)25)8-9-21(15)29-14-17-5-3-7-19(12-17)23(26)27/h2-12H,13-14H2,1H3. The Balaban J connectivity index is 1.61. The van der Waals surface area contributed by atoms with Gasteiger partial charge in [-0.1, -0.05) is 24.3 Å². The summed E-state index contributed by atoms with van der Waals surface area (Å²) >= 11 is 0. The lowest BCUT2D eigenvalue weighted by atomic mass is 10.2. The van der Waals surface area contributed by atoms with Gasteiger partial charge in [0.2, 0.25) is 0 Å². The third-order valence-electron chi connectivity index (χ3n) is 4.19. The Kier molecular flexibility index (Phi) is 6.03. The molecule has 0 amide bonds. The fraction of sp³-hybridized carbons (Fsp3) is 0.143. The van der Waals surface area contributed by atoms with Crippen LogP contribution in [0.25, 0.3) is 0 Å². The Morgan fingerprint density at radius 3 is 1.83 bits per heavy atom. The molecule has 3 aromatic carbocycles. The third kappa shape index (κ3) is 5.29. The zero-order valence-corrected chi connectivity index (χ0v) is 15.6. The van der Waals surface area contributed by atoms with Gasteiger partial charge in [-0.25, -0.2) is 0 Å². The van der Waals surface area contributed by atoms with Gasteiger partial charge >= 0.3 is 0 Å². The van der Waals surface area contributed by atoms with Crippen LogP contribution in [-0.4, -0.2) is 9.85 Å². The number of nitrogens with zero attached hydrogens (tertiary/aromatic N) is 2. The topological polar surface area (TPSA) is 105 Å². The van der Waals surface area contributed by atoms with Crippen molar-refractivity contribution in [2.75, 3.05) is 0 Å². The van der Waals surface area contributed by atoms with E-state index < -0.39 is 9.85 Å². The van der Waals surface area contributed by atoms with E-state index in [1.807, 2.05) is 6.92 Å². The lowest BCUT2D eigenvalue weighted by Crippen LogP contribution is -2.00. The van der Waals surface area contributed by atoms with Crippen molar-refractivity contribution in [2.45, 2.75) is 20.1 Å². The quantitative estimate of drug-likeness (QED) is 0.395. The van der Waals surface area contributed by atoms with Gasteiger partial charge < -0.3 is 9.47 Å². The highest BCUT2D eigenvalue weighted by Crippen LogP contribution is 2.26. The van der Waals surface area contributed by atoms with E-state index in [1.54, 1.807) is 42.5 Å². The molecule has 0 spiro atoms. The van der Waals surface area contributed by atoms with Crippen molar-refractivity contribution in [2.24, 2.45) is 0 Å². The van der Waals surface area contributed by atoms with Crippen LogP contribution in [0.4, 0.5) is 11.4 Å². The van der Waals surface area contributed by atoms with Crippen molar-refractivity contribution in [3.63, 3.8) is 0 Å². The highest BCUT2D eigenvalue weighted by molar-refractivity contribution is 5.40. The lowest BCUT2D eigenvalue weighted by Gasteiger charge is -2.12. The third-order valence-corrected chi connectivity index (χ3v) is 4.19. The van der Waals surface area contributed by atoms with Crippen molar-refractivity contribution in [3.05, 3.63) is 104 Å². The second-order valence-electron chi connectivity index (χ2n) is 6.36. The molecule has 0 aromatic heterocycles. The summed E-state index contributed by atoms with van der Waals surface area (Å²) < 4.78 is 11.5. The largest absolute Gasteiger partial charge is 0.489 e. The fourth-order valence-corrected chi connectivity index (χ4v) is 2.72. The lowest BCUT2D eigenvalue weighted by molar-refractivity contribution is -0.385. The summed E-state index contributed by atoms with van der Waals surface area (Å²) in [6.45, 7) is 2.27. The van der Waals surface area contributed by atoms with Crippen molar-refractivity contribution in [3.8, 4) is 11.5 Å². The molecule has 0 bridgehead atoms. The number of rotatable bonds is 8. The molecule has 148 valence electrons. The fourth-order valence-electron chi connectivity index (χ4n) is 2.72. The predicted molar refractivity (Wildman–Crippen MR) is 106 cm³/mol. The highest BCUT2D eigenvalue weighted by Gasteiger charge is 2.09. The van der Waals surface area contributed by atoms with Gasteiger partial charge in [0.25, 0.3) is 11.4 Å². The van der Waals surface area contributed by atoms with Gasteiger partial charge in [0.15, 0.2) is 0 Å². The number of benzene rings is 3. The van der Waals surface area contributed by atoms with Crippen molar-refractivity contribution in [1.82, 2.24) is 0 Å². The summed E-state index contributed by atoms with van der Waals surface area (Å²) in [7, 11) is 0. The van der Waals surface area contributed by atoms with Gasteiger partial charge in [-0.15, -0.1) is 0 Å². The van der Waals surface area contributed by atoms with E-state index >= 15 is 0 Å². The smallest absolute Gasteiger partial charge is 0.269 e. The molecule has 0 saturated carbocycles. The summed E-state index contributed by atoms with van der Waals surface area (Å²) in [5, 5.41) is 21.7. The van der Waals surface area contributed by atoms with Crippen LogP contribution in [0, 0.1) is 27.2 Å². The van der Waals surface area contributed by atoms with E-state index in [4.69, 9.17) is 9.47 Å². The van der Waals surface area contributed by atoms with Crippen molar-refractivity contribution < 1.29 is 19.3 Å². The maximum absolute atomic E-state index is 10.9. The number of aryl methyl sites for hydroxylation is 1. The van der Waals surface area contributed by atoms with Gasteiger partial charge in [-0.2, -0.15) is 0 Å². The maximum atomic E-state index is 10.9. The Labute approximate surface area is 166 Å². The highest BCUT2D eigenvalue weighted by atomic mass is 16.6. The van der Waals surface area contributed by atoms with Gasteiger partial charge in [0.05, 0.1) is 9.85 Å². The van der Waals surface area contributed by atoms with E-state index in [2.05, 4.69) is 0 Å². The zero-order valence-electron chi connectivity index (χ0n) is 15.6. The van der Waals surface area contributed by atoms with E-state index in [1.165, 1.54) is 24.3 Å². The number of hydrogen-bond donors (Lipinski definition) is 0. The second-order valence-corrected chi connectivity index (χ2v) is 6.36. The number of nitro benzene ring substituents is 2. The van der Waals surface area contributed by atoms with Crippen LogP contribution in [0.2, 0.25) is 0 Å². The molecule has 0 unspecified atom stereocenters. The van der Waals surface area contributed by atoms with Crippen LogP contribution < -0.4 is 9.47 Å². The van der Waals surface area contributed by atoms with Crippen LogP contribution >= 0.6 is 0 Å². The molecule has 29 heavy (non-hydrogen) atoms. The molecule has 0 heterocycles. The Morgan fingerprint density at radius 2 is 1.31 bits per heavy atom. The minimum Gasteiger partial charge on any atom is -0.489 e. The summed E-state index contributed by atoms with van der Waals surface area (Å²) in [4.78, 5) is 20.8. The molecule has 0 aliphatic carbocycles. The summed E-state index contributed by atoms with van der Waals surface area (Å²) in [5.41, 5.74) is 2.28.